The van der Waals surface area contributed by atoms with Gasteiger partial charge >= 0.3 is 6.09 Å². The Morgan fingerprint density at radius 1 is 1.31 bits per heavy atom. The van der Waals surface area contributed by atoms with Crippen molar-refractivity contribution < 1.29 is 18.7 Å². The molecule has 0 unspecified atom stereocenters. The standard InChI is InChI=1S/C18H23FN4O3/c1-18(2,3)26-17(24)20-10-13(9-19)11-25-15-7-5-14(6-8-15)16-21-12-23(4)22-16/h5-9,12H,10-11H2,1-4H3,(H,20,24)/b13-9+. The molecule has 2 rings (SSSR count). The van der Waals surface area contributed by atoms with Crippen LogP contribution in [-0.2, 0) is 11.8 Å². The molecule has 8 heteroatoms. The van der Waals surface area contributed by atoms with E-state index in [1.54, 1.807) is 51.0 Å². The van der Waals surface area contributed by atoms with E-state index >= 15 is 0 Å². The minimum atomic E-state index is -0.607. The molecular formula is C18H23FN4O3. The fraction of sp³-hybridized carbons (Fsp3) is 0.389. The number of halogens is 1. The van der Waals surface area contributed by atoms with Gasteiger partial charge in [0.2, 0.25) is 0 Å². The van der Waals surface area contributed by atoms with Gasteiger partial charge in [0.15, 0.2) is 5.82 Å². The summed E-state index contributed by atoms with van der Waals surface area (Å²) in [5, 5.41) is 6.71. The van der Waals surface area contributed by atoms with E-state index in [9.17, 15) is 9.18 Å². The summed E-state index contributed by atoms with van der Waals surface area (Å²) < 4.78 is 25.2. The first-order chi connectivity index (χ1) is 12.3. The molecule has 1 aromatic heterocycles. The number of benzene rings is 1. The lowest BCUT2D eigenvalue weighted by Crippen LogP contribution is -2.34. The lowest BCUT2D eigenvalue weighted by molar-refractivity contribution is 0.0531. The van der Waals surface area contributed by atoms with Crippen molar-refractivity contribution in [2.75, 3.05) is 13.2 Å². The van der Waals surface area contributed by atoms with Gasteiger partial charge < -0.3 is 14.8 Å². The van der Waals surface area contributed by atoms with Gasteiger partial charge in [-0.25, -0.2) is 14.2 Å². The number of aryl methyl sites for hydroxylation is 1. The molecule has 0 bridgehead atoms. The number of alkyl carbamates (subject to hydrolysis) is 1. The van der Waals surface area contributed by atoms with Gasteiger partial charge in [-0.15, -0.1) is 0 Å². The Balaban J connectivity index is 1.83. The Labute approximate surface area is 151 Å². The molecule has 0 aliphatic carbocycles. The van der Waals surface area contributed by atoms with Crippen LogP contribution in [-0.4, -0.2) is 39.6 Å². The zero-order valence-corrected chi connectivity index (χ0v) is 15.3. The van der Waals surface area contributed by atoms with Crippen LogP contribution in [0.3, 0.4) is 0 Å². The Bertz CT molecular complexity index is 763. The number of carbonyl (C=O) groups is 1. The van der Waals surface area contributed by atoms with Crippen LogP contribution in [0.2, 0.25) is 0 Å². The number of rotatable bonds is 6. The Hall–Kier alpha value is -2.90. The second-order valence-corrected chi connectivity index (χ2v) is 6.68. The summed E-state index contributed by atoms with van der Waals surface area (Å²) in [5.41, 5.74) is 0.529. The van der Waals surface area contributed by atoms with E-state index in [2.05, 4.69) is 15.4 Å². The van der Waals surface area contributed by atoms with Crippen molar-refractivity contribution in [1.82, 2.24) is 20.1 Å². The SMILES string of the molecule is Cn1cnc(-c2ccc(OC/C(=C/F)CNC(=O)OC(C)(C)C)cc2)n1. The van der Waals surface area contributed by atoms with Crippen LogP contribution in [0.1, 0.15) is 20.8 Å². The second kappa shape index (κ2) is 8.46. The van der Waals surface area contributed by atoms with Crippen LogP contribution >= 0.6 is 0 Å². The number of hydrogen-bond acceptors (Lipinski definition) is 5. The third kappa shape index (κ3) is 6.19. The third-order valence-electron chi connectivity index (χ3n) is 3.15. The van der Waals surface area contributed by atoms with E-state index in [1.165, 1.54) is 0 Å². The summed E-state index contributed by atoms with van der Waals surface area (Å²) in [4.78, 5) is 15.8. The Kier molecular flexibility index (Phi) is 6.32. The molecule has 1 heterocycles. The van der Waals surface area contributed by atoms with Gasteiger partial charge in [-0.05, 0) is 45.0 Å². The number of hydrogen-bond donors (Lipinski definition) is 1. The fourth-order valence-corrected chi connectivity index (χ4v) is 1.97. The maximum absolute atomic E-state index is 13.0. The number of aromatic nitrogens is 3. The van der Waals surface area contributed by atoms with Crippen LogP contribution in [0.15, 0.2) is 42.5 Å². The monoisotopic (exact) mass is 362 g/mol. The third-order valence-corrected chi connectivity index (χ3v) is 3.15. The first-order valence-corrected chi connectivity index (χ1v) is 8.10. The van der Waals surface area contributed by atoms with Gasteiger partial charge in [-0.3, -0.25) is 4.68 Å². The molecule has 0 saturated carbocycles. The quantitative estimate of drug-likeness (QED) is 0.853. The van der Waals surface area contributed by atoms with E-state index in [0.29, 0.717) is 17.9 Å². The molecule has 140 valence electrons. The molecule has 0 fully saturated rings. The fourth-order valence-electron chi connectivity index (χ4n) is 1.97. The minimum Gasteiger partial charge on any atom is -0.489 e. The predicted molar refractivity (Wildman–Crippen MR) is 95.4 cm³/mol. The van der Waals surface area contributed by atoms with Crippen LogP contribution < -0.4 is 10.1 Å². The summed E-state index contributed by atoms with van der Waals surface area (Å²) >= 11 is 0. The number of nitrogens with zero attached hydrogens (tertiary/aromatic N) is 3. The van der Waals surface area contributed by atoms with Crippen molar-refractivity contribution in [3.8, 4) is 17.1 Å². The van der Waals surface area contributed by atoms with Gasteiger partial charge in [-0.2, -0.15) is 5.10 Å². The molecule has 2 aromatic rings. The molecule has 26 heavy (non-hydrogen) atoms. The van der Waals surface area contributed by atoms with Crippen molar-refractivity contribution >= 4 is 6.09 Å². The first-order valence-electron chi connectivity index (χ1n) is 8.10. The molecule has 0 aliphatic heterocycles. The predicted octanol–water partition coefficient (Wildman–Crippen LogP) is 3.24. The molecule has 0 saturated heterocycles. The molecular weight excluding hydrogens is 339 g/mol. The summed E-state index contributed by atoms with van der Waals surface area (Å²) in [6, 6.07) is 7.15. The average molecular weight is 362 g/mol. The second-order valence-electron chi connectivity index (χ2n) is 6.68. The largest absolute Gasteiger partial charge is 0.489 e. The van der Waals surface area contributed by atoms with Crippen molar-refractivity contribution in [3.63, 3.8) is 0 Å². The van der Waals surface area contributed by atoms with Gasteiger partial charge in [0.25, 0.3) is 0 Å². The zero-order chi connectivity index (χ0) is 19.2. The average Bonchev–Trinajstić information content (AvgIpc) is 3.00. The van der Waals surface area contributed by atoms with Gasteiger partial charge in [0.1, 0.15) is 24.3 Å². The molecule has 1 amide bonds. The van der Waals surface area contributed by atoms with Crippen LogP contribution in [0, 0.1) is 0 Å². The van der Waals surface area contributed by atoms with Crippen molar-refractivity contribution in [3.05, 3.63) is 42.5 Å². The van der Waals surface area contributed by atoms with E-state index in [-0.39, 0.29) is 18.7 Å². The van der Waals surface area contributed by atoms with E-state index < -0.39 is 11.7 Å². The van der Waals surface area contributed by atoms with Crippen LogP contribution in [0.25, 0.3) is 11.4 Å². The highest BCUT2D eigenvalue weighted by atomic mass is 19.1. The van der Waals surface area contributed by atoms with Gasteiger partial charge in [0.05, 0.1) is 6.33 Å². The minimum absolute atomic E-state index is 0.00134. The van der Waals surface area contributed by atoms with E-state index in [0.717, 1.165) is 5.56 Å². The zero-order valence-electron chi connectivity index (χ0n) is 15.3. The molecule has 1 aromatic carbocycles. The lowest BCUT2D eigenvalue weighted by atomic mass is 10.2. The first kappa shape index (κ1) is 19.4. The highest BCUT2D eigenvalue weighted by molar-refractivity contribution is 5.68. The number of carbonyl (C=O) groups excluding carboxylic acids is 1. The Morgan fingerprint density at radius 2 is 2.00 bits per heavy atom. The smallest absolute Gasteiger partial charge is 0.407 e. The summed E-state index contributed by atoms with van der Waals surface area (Å²) in [7, 11) is 1.80. The lowest BCUT2D eigenvalue weighted by Gasteiger charge is -2.20. The van der Waals surface area contributed by atoms with Crippen molar-refractivity contribution in [2.24, 2.45) is 7.05 Å². The van der Waals surface area contributed by atoms with Gasteiger partial charge in [-0.1, -0.05) is 0 Å². The van der Waals surface area contributed by atoms with Crippen molar-refractivity contribution in [1.29, 1.82) is 0 Å². The van der Waals surface area contributed by atoms with E-state index in [4.69, 9.17) is 9.47 Å². The highest BCUT2D eigenvalue weighted by Crippen LogP contribution is 2.19. The maximum atomic E-state index is 13.0. The molecule has 0 aliphatic rings. The molecule has 0 spiro atoms. The molecule has 0 atom stereocenters. The van der Waals surface area contributed by atoms with E-state index in [1.807, 2.05) is 12.1 Å². The normalized spacial score (nSPS) is 12.0. The highest BCUT2D eigenvalue weighted by Gasteiger charge is 2.16. The molecule has 0 radical (unpaired) electrons. The number of amides is 1. The topological polar surface area (TPSA) is 78.3 Å². The summed E-state index contributed by atoms with van der Waals surface area (Å²) in [6.07, 6.45) is 1.43. The van der Waals surface area contributed by atoms with Gasteiger partial charge in [0, 0.05) is 24.7 Å². The summed E-state index contributed by atoms with van der Waals surface area (Å²) in [6.45, 7) is 5.28. The van der Waals surface area contributed by atoms with Crippen LogP contribution in [0.4, 0.5) is 9.18 Å². The molecule has 7 nitrogen and oxygen atoms in total. The Morgan fingerprint density at radius 3 is 2.54 bits per heavy atom. The number of nitrogens with one attached hydrogen (secondary N) is 1. The summed E-state index contributed by atoms with van der Waals surface area (Å²) in [5.74, 6) is 1.19. The molecule has 1 N–H and O–H groups in total. The van der Waals surface area contributed by atoms with Crippen LogP contribution in [0.5, 0.6) is 5.75 Å². The maximum Gasteiger partial charge on any atom is 0.407 e. The number of ether oxygens (including phenoxy) is 2. The van der Waals surface area contributed by atoms with Crippen molar-refractivity contribution in [2.45, 2.75) is 26.4 Å².